The van der Waals surface area contributed by atoms with Gasteiger partial charge >= 0.3 is 0 Å². The zero-order chi connectivity index (χ0) is 13.1. The summed E-state index contributed by atoms with van der Waals surface area (Å²) in [4.78, 5) is 0. The first-order valence-corrected chi connectivity index (χ1v) is 7.56. The Morgan fingerprint density at radius 2 is 1.71 bits per heavy atom. The molecule has 17 heavy (non-hydrogen) atoms. The van der Waals surface area contributed by atoms with Crippen LogP contribution in [0.4, 0.5) is 0 Å². The van der Waals surface area contributed by atoms with Gasteiger partial charge < -0.3 is 10.5 Å². The van der Waals surface area contributed by atoms with Crippen LogP contribution in [-0.4, -0.2) is 18.8 Å². The van der Waals surface area contributed by atoms with E-state index in [0.717, 1.165) is 31.8 Å². The van der Waals surface area contributed by atoms with Gasteiger partial charge in [-0.25, -0.2) is 0 Å². The Hall–Kier alpha value is -0.0800. The van der Waals surface area contributed by atoms with Gasteiger partial charge in [-0.2, -0.15) is 0 Å². The second kappa shape index (κ2) is 11.0. The topological polar surface area (TPSA) is 35.2 Å². The quantitative estimate of drug-likeness (QED) is 0.592. The molecule has 3 unspecified atom stereocenters. The highest BCUT2D eigenvalue weighted by Crippen LogP contribution is 2.21. The fraction of sp³-hybridized carbons (Fsp3) is 1.00. The minimum absolute atomic E-state index is 0.219. The molecule has 2 heteroatoms. The summed E-state index contributed by atoms with van der Waals surface area (Å²) in [6.07, 6.45) is 8.84. The molecule has 0 fully saturated rings. The lowest BCUT2D eigenvalue weighted by atomic mass is 9.89. The van der Waals surface area contributed by atoms with Gasteiger partial charge in [0.25, 0.3) is 0 Å². The van der Waals surface area contributed by atoms with Crippen molar-refractivity contribution in [1.82, 2.24) is 0 Å². The first-order valence-electron chi connectivity index (χ1n) is 7.56. The van der Waals surface area contributed by atoms with E-state index in [1.807, 2.05) is 0 Å². The van der Waals surface area contributed by atoms with E-state index < -0.39 is 0 Å². The summed E-state index contributed by atoms with van der Waals surface area (Å²) >= 11 is 0. The minimum atomic E-state index is 0.219. The van der Waals surface area contributed by atoms with E-state index >= 15 is 0 Å². The molecule has 0 saturated heterocycles. The van der Waals surface area contributed by atoms with Gasteiger partial charge in [-0.05, 0) is 25.7 Å². The van der Waals surface area contributed by atoms with Crippen molar-refractivity contribution in [3.63, 3.8) is 0 Å². The molecule has 0 aliphatic heterocycles. The zero-order valence-electron chi connectivity index (χ0n) is 12.4. The van der Waals surface area contributed by atoms with Crippen LogP contribution < -0.4 is 5.73 Å². The van der Waals surface area contributed by atoms with Crippen LogP contribution in [0.3, 0.4) is 0 Å². The maximum atomic E-state index is 6.31. The van der Waals surface area contributed by atoms with E-state index in [1.54, 1.807) is 0 Å². The third-order valence-corrected chi connectivity index (χ3v) is 3.58. The average Bonchev–Trinajstić information content (AvgIpc) is 2.33. The molecule has 0 heterocycles. The second-order valence-electron chi connectivity index (χ2n) is 5.10. The Morgan fingerprint density at radius 1 is 1.00 bits per heavy atom. The van der Waals surface area contributed by atoms with Crippen molar-refractivity contribution in [1.29, 1.82) is 0 Å². The van der Waals surface area contributed by atoms with E-state index in [1.165, 1.54) is 25.7 Å². The van der Waals surface area contributed by atoms with Gasteiger partial charge in [-0.3, -0.25) is 0 Å². The Bertz CT molecular complexity index is 155. The monoisotopic (exact) mass is 243 g/mol. The summed E-state index contributed by atoms with van der Waals surface area (Å²) in [5.41, 5.74) is 6.31. The molecule has 2 N–H and O–H groups in total. The predicted molar refractivity (Wildman–Crippen MR) is 76.2 cm³/mol. The van der Waals surface area contributed by atoms with E-state index in [9.17, 15) is 0 Å². The number of ether oxygens (including phenoxy) is 1. The molecule has 104 valence electrons. The highest BCUT2D eigenvalue weighted by atomic mass is 16.5. The van der Waals surface area contributed by atoms with Gasteiger partial charge in [0.05, 0.1) is 6.10 Å². The summed E-state index contributed by atoms with van der Waals surface area (Å²) < 4.78 is 5.77. The molecule has 0 aliphatic carbocycles. The minimum Gasteiger partial charge on any atom is -0.377 e. The van der Waals surface area contributed by atoms with Gasteiger partial charge in [0, 0.05) is 12.6 Å². The van der Waals surface area contributed by atoms with E-state index in [4.69, 9.17) is 10.5 Å². The highest BCUT2D eigenvalue weighted by molar-refractivity contribution is 4.76. The lowest BCUT2D eigenvalue weighted by Gasteiger charge is -2.27. The van der Waals surface area contributed by atoms with Crippen LogP contribution in [0, 0.1) is 5.92 Å². The van der Waals surface area contributed by atoms with Gasteiger partial charge in [0.15, 0.2) is 0 Å². The van der Waals surface area contributed by atoms with E-state index in [2.05, 4.69) is 27.7 Å². The third kappa shape index (κ3) is 7.77. The normalized spacial score (nSPS) is 16.8. The Labute approximate surface area is 108 Å². The maximum Gasteiger partial charge on any atom is 0.0725 e. The van der Waals surface area contributed by atoms with Gasteiger partial charge in [-0.1, -0.05) is 52.9 Å². The SMILES string of the molecule is CCCCC(CC)CC(N)C(CCC)OCC. The summed E-state index contributed by atoms with van der Waals surface area (Å²) in [5.74, 6) is 0.782. The molecule has 3 atom stereocenters. The molecular weight excluding hydrogens is 210 g/mol. The Morgan fingerprint density at radius 3 is 2.18 bits per heavy atom. The molecule has 0 aromatic carbocycles. The van der Waals surface area contributed by atoms with Gasteiger partial charge in [0.1, 0.15) is 0 Å². The number of unbranched alkanes of at least 4 members (excludes halogenated alkanes) is 1. The maximum absolute atomic E-state index is 6.31. The average molecular weight is 243 g/mol. The summed E-state index contributed by atoms with van der Waals surface area (Å²) in [7, 11) is 0. The lowest BCUT2D eigenvalue weighted by Crippen LogP contribution is -2.38. The van der Waals surface area contributed by atoms with Crippen molar-refractivity contribution in [2.24, 2.45) is 11.7 Å². The summed E-state index contributed by atoms with van der Waals surface area (Å²) in [5, 5.41) is 0. The number of rotatable bonds is 11. The molecule has 0 aromatic rings. The van der Waals surface area contributed by atoms with Crippen LogP contribution in [-0.2, 0) is 4.74 Å². The molecule has 0 amide bonds. The molecule has 0 spiro atoms. The molecule has 0 saturated carbocycles. The van der Waals surface area contributed by atoms with Crippen molar-refractivity contribution in [3.8, 4) is 0 Å². The van der Waals surface area contributed by atoms with Crippen LogP contribution in [0.15, 0.2) is 0 Å². The van der Waals surface area contributed by atoms with Crippen LogP contribution in [0.25, 0.3) is 0 Å². The predicted octanol–water partition coefficient (Wildman–Crippen LogP) is 4.13. The van der Waals surface area contributed by atoms with Gasteiger partial charge in [-0.15, -0.1) is 0 Å². The van der Waals surface area contributed by atoms with Crippen molar-refractivity contribution >= 4 is 0 Å². The number of hydrogen-bond acceptors (Lipinski definition) is 2. The molecule has 2 nitrogen and oxygen atoms in total. The molecular formula is C15H33NO. The first-order chi connectivity index (χ1) is 8.19. The van der Waals surface area contributed by atoms with Crippen LogP contribution in [0.2, 0.25) is 0 Å². The van der Waals surface area contributed by atoms with Crippen molar-refractivity contribution in [2.45, 2.75) is 84.8 Å². The zero-order valence-corrected chi connectivity index (χ0v) is 12.4. The summed E-state index contributed by atoms with van der Waals surface area (Å²) in [6.45, 7) is 9.58. The molecule has 0 aliphatic rings. The second-order valence-corrected chi connectivity index (χ2v) is 5.10. The number of hydrogen-bond donors (Lipinski definition) is 1. The van der Waals surface area contributed by atoms with Crippen molar-refractivity contribution in [2.75, 3.05) is 6.61 Å². The van der Waals surface area contributed by atoms with Crippen LogP contribution in [0.1, 0.15) is 72.6 Å². The first kappa shape index (κ1) is 16.9. The highest BCUT2D eigenvalue weighted by Gasteiger charge is 2.20. The van der Waals surface area contributed by atoms with Crippen LogP contribution >= 0.6 is 0 Å². The van der Waals surface area contributed by atoms with Crippen molar-refractivity contribution in [3.05, 3.63) is 0 Å². The van der Waals surface area contributed by atoms with Crippen molar-refractivity contribution < 1.29 is 4.74 Å². The van der Waals surface area contributed by atoms with Gasteiger partial charge in [0.2, 0.25) is 0 Å². The van der Waals surface area contributed by atoms with Crippen LogP contribution in [0.5, 0.6) is 0 Å². The standard InChI is InChI=1S/C15H33NO/c1-5-9-11-13(7-3)12-14(16)15(10-6-2)17-8-4/h13-15H,5-12,16H2,1-4H3. The van der Waals surface area contributed by atoms with E-state index in [0.29, 0.717) is 0 Å². The Kier molecular flexibility index (Phi) is 11.0. The molecule has 0 bridgehead atoms. The summed E-state index contributed by atoms with van der Waals surface area (Å²) in [6, 6.07) is 0.219. The Balaban J connectivity index is 4.09. The van der Waals surface area contributed by atoms with E-state index in [-0.39, 0.29) is 12.1 Å². The molecule has 0 radical (unpaired) electrons. The third-order valence-electron chi connectivity index (χ3n) is 3.58. The molecule has 0 aromatic heterocycles. The number of nitrogens with two attached hydrogens (primary N) is 1. The smallest absolute Gasteiger partial charge is 0.0725 e. The lowest BCUT2D eigenvalue weighted by molar-refractivity contribution is 0.0313. The molecule has 0 rings (SSSR count). The fourth-order valence-corrected chi connectivity index (χ4v) is 2.44. The largest absolute Gasteiger partial charge is 0.377 e. The fourth-order valence-electron chi connectivity index (χ4n) is 2.44.